The number of aromatic amines is 1. The zero-order valence-corrected chi connectivity index (χ0v) is 15.6. The molecule has 3 aromatic carbocycles. The van der Waals surface area contributed by atoms with Crippen molar-refractivity contribution in [1.29, 1.82) is 0 Å². The van der Waals surface area contributed by atoms with E-state index in [1.165, 1.54) is 18.3 Å². The van der Waals surface area contributed by atoms with Gasteiger partial charge in [0.2, 0.25) is 0 Å². The molecule has 4 nitrogen and oxygen atoms in total. The standard InChI is InChI=1S/C22H14F5N3O/c23-16-2-1-3-17(24)20(16)12-4-9-18-15(10-12)19(11-28-18)30-21(31)29-14-7-5-13(6-8-14)22(25,26)27/h1-11,28H,(H2,29,30,31). The third kappa shape index (κ3) is 4.20. The molecule has 4 rings (SSSR count). The number of anilines is 2. The van der Waals surface area contributed by atoms with Gasteiger partial charge >= 0.3 is 12.2 Å². The summed E-state index contributed by atoms with van der Waals surface area (Å²) in [6, 6.07) is 11.6. The average molecular weight is 431 g/mol. The summed E-state index contributed by atoms with van der Waals surface area (Å²) in [6.07, 6.45) is -2.97. The Balaban J connectivity index is 1.57. The minimum absolute atomic E-state index is 0.166. The largest absolute Gasteiger partial charge is 0.416 e. The van der Waals surface area contributed by atoms with E-state index in [1.54, 1.807) is 12.1 Å². The predicted molar refractivity (Wildman–Crippen MR) is 108 cm³/mol. The molecular weight excluding hydrogens is 417 g/mol. The molecule has 31 heavy (non-hydrogen) atoms. The molecule has 0 spiro atoms. The first kappa shape index (κ1) is 20.4. The third-order valence-corrected chi connectivity index (χ3v) is 4.65. The minimum atomic E-state index is -4.47. The number of alkyl halides is 3. The molecule has 2 amide bonds. The van der Waals surface area contributed by atoms with Crippen LogP contribution in [-0.4, -0.2) is 11.0 Å². The van der Waals surface area contributed by atoms with E-state index in [9.17, 15) is 26.7 Å². The van der Waals surface area contributed by atoms with Gasteiger partial charge in [0.05, 0.1) is 16.8 Å². The molecule has 0 saturated carbocycles. The number of halogens is 5. The summed E-state index contributed by atoms with van der Waals surface area (Å²) in [7, 11) is 0. The van der Waals surface area contributed by atoms with Crippen LogP contribution in [0.15, 0.2) is 66.9 Å². The topological polar surface area (TPSA) is 56.9 Å². The number of benzene rings is 3. The molecule has 158 valence electrons. The number of carbonyl (C=O) groups excluding carboxylic acids is 1. The van der Waals surface area contributed by atoms with E-state index in [2.05, 4.69) is 15.6 Å². The quantitative estimate of drug-likeness (QED) is 0.308. The number of aromatic nitrogens is 1. The lowest BCUT2D eigenvalue weighted by Crippen LogP contribution is -2.19. The monoisotopic (exact) mass is 431 g/mol. The number of hydrogen-bond donors (Lipinski definition) is 3. The van der Waals surface area contributed by atoms with Gasteiger partial charge < -0.3 is 15.6 Å². The van der Waals surface area contributed by atoms with Crippen LogP contribution in [0.2, 0.25) is 0 Å². The Morgan fingerprint density at radius 1 is 0.871 bits per heavy atom. The number of nitrogens with one attached hydrogen (secondary N) is 3. The second-order valence-electron chi connectivity index (χ2n) is 6.71. The number of amides is 2. The Hall–Kier alpha value is -3.88. The van der Waals surface area contributed by atoms with Crippen LogP contribution in [0.5, 0.6) is 0 Å². The molecule has 0 aliphatic heterocycles. The number of urea groups is 1. The molecule has 0 atom stereocenters. The molecular formula is C22H14F5N3O. The lowest BCUT2D eigenvalue weighted by molar-refractivity contribution is -0.137. The van der Waals surface area contributed by atoms with Gasteiger partial charge in [0.25, 0.3) is 0 Å². The van der Waals surface area contributed by atoms with Crippen molar-refractivity contribution < 1.29 is 26.7 Å². The number of fused-ring (bicyclic) bond motifs is 1. The molecule has 1 heterocycles. The zero-order chi connectivity index (χ0) is 22.2. The van der Waals surface area contributed by atoms with Crippen molar-refractivity contribution in [2.24, 2.45) is 0 Å². The van der Waals surface area contributed by atoms with Crippen LogP contribution in [0, 0.1) is 11.6 Å². The minimum Gasteiger partial charge on any atom is -0.359 e. The highest BCUT2D eigenvalue weighted by atomic mass is 19.4. The summed E-state index contributed by atoms with van der Waals surface area (Å²) in [6.45, 7) is 0. The molecule has 1 aromatic heterocycles. The number of rotatable bonds is 3. The summed E-state index contributed by atoms with van der Waals surface area (Å²) in [4.78, 5) is 15.2. The molecule has 0 bridgehead atoms. The average Bonchev–Trinajstić information content (AvgIpc) is 3.09. The van der Waals surface area contributed by atoms with E-state index < -0.39 is 29.4 Å². The Kier molecular flexibility index (Phi) is 5.10. The molecule has 0 aliphatic carbocycles. The van der Waals surface area contributed by atoms with Crippen molar-refractivity contribution in [3.05, 3.63) is 84.1 Å². The maximum absolute atomic E-state index is 14.1. The Morgan fingerprint density at radius 2 is 1.55 bits per heavy atom. The fraction of sp³-hybridized carbons (Fsp3) is 0.0455. The van der Waals surface area contributed by atoms with E-state index >= 15 is 0 Å². The first-order chi connectivity index (χ1) is 14.7. The van der Waals surface area contributed by atoms with Gasteiger partial charge in [-0.15, -0.1) is 0 Å². The van der Waals surface area contributed by atoms with Gasteiger partial charge in [-0.1, -0.05) is 12.1 Å². The Morgan fingerprint density at radius 3 is 2.19 bits per heavy atom. The van der Waals surface area contributed by atoms with Crippen molar-refractivity contribution in [3.8, 4) is 11.1 Å². The number of carbonyl (C=O) groups is 1. The van der Waals surface area contributed by atoms with E-state index in [1.807, 2.05) is 0 Å². The maximum atomic E-state index is 14.1. The summed E-state index contributed by atoms with van der Waals surface area (Å²) in [5, 5.41) is 5.51. The van der Waals surface area contributed by atoms with Crippen molar-refractivity contribution in [2.75, 3.05) is 10.6 Å². The summed E-state index contributed by atoms with van der Waals surface area (Å²) >= 11 is 0. The molecule has 0 aliphatic rings. The van der Waals surface area contributed by atoms with Crippen molar-refractivity contribution >= 4 is 28.3 Å². The lowest BCUT2D eigenvalue weighted by Gasteiger charge is -2.10. The highest BCUT2D eigenvalue weighted by molar-refractivity contribution is 6.06. The molecule has 0 fully saturated rings. The summed E-state index contributed by atoms with van der Waals surface area (Å²) in [5.74, 6) is -1.44. The van der Waals surface area contributed by atoms with Crippen LogP contribution in [0.3, 0.4) is 0 Å². The highest BCUT2D eigenvalue weighted by Gasteiger charge is 2.30. The van der Waals surface area contributed by atoms with Gasteiger partial charge in [-0.25, -0.2) is 13.6 Å². The van der Waals surface area contributed by atoms with Gasteiger partial charge in [-0.05, 0) is 54.1 Å². The van der Waals surface area contributed by atoms with Gasteiger partial charge in [0, 0.05) is 22.8 Å². The Labute approximate surface area is 172 Å². The first-order valence-corrected chi connectivity index (χ1v) is 9.03. The van der Waals surface area contributed by atoms with Crippen molar-refractivity contribution in [1.82, 2.24) is 4.98 Å². The molecule has 4 aromatic rings. The van der Waals surface area contributed by atoms with Crippen LogP contribution in [0.4, 0.5) is 38.1 Å². The van der Waals surface area contributed by atoms with E-state index in [-0.39, 0.29) is 16.8 Å². The number of H-pyrrole nitrogens is 1. The summed E-state index contributed by atoms with van der Waals surface area (Å²) < 4.78 is 66.2. The smallest absolute Gasteiger partial charge is 0.359 e. The van der Waals surface area contributed by atoms with Crippen LogP contribution in [0.1, 0.15) is 5.56 Å². The molecule has 0 saturated heterocycles. The van der Waals surface area contributed by atoms with Crippen molar-refractivity contribution in [3.63, 3.8) is 0 Å². The molecule has 3 N–H and O–H groups in total. The van der Waals surface area contributed by atoms with E-state index in [0.717, 1.165) is 36.4 Å². The fourth-order valence-electron chi connectivity index (χ4n) is 3.18. The SMILES string of the molecule is O=C(Nc1ccc(C(F)(F)F)cc1)Nc1c[nH]c2ccc(-c3c(F)cccc3F)cc12. The van der Waals surface area contributed by atoms with E-state index in [0.29, 0.717) is 16.6 Å². The van der Waals surface area contributed by atoms with Crippen LogP contribution < -0.4 is 10.6 Å². The maximum Gasteiger partial charge on any atom is 0.416 e. The second-order valence-corrected chi connectivity index (χ2v) is 6.71. The first-order valence-electron chi connectivity index (χ1n) is 9.03. The normalized spacial score (nSPS) is 11.5. The van der Waals surface area contributed by atoms with Gasteiger partial charge in [0.15, 0.2) is 0 Å². The predicted octanol–water partition coefficient (Wildman–Crippen LogP) is 6.78. The molecule has 0 unspecified atom stereocenters. The van der Waals surface area contributed by atoms with E-state index in [4.69, 9.17) is 0 Å². The Bertz CT molecular complexity index is 1240. The number of hydrogen-bond acceptors (Lipinski definition) is 1. The third-order valence-electron chi connectivity index (χ3n) is 4.65. The van der Waals surface area contributed by atoms with Crippen LogP contribution >= 0.6 is 0 Å². The van der Waals surface area contributed by atoms with Crippen molar-refractivity contribution in [2.45, 2.75) is 6.18 Å². The van der Waals surface area contributed by atoms with Gasteiger partial charge in [-0.2, -0.15) is 13.2 Å². The molecule has 0 radical (unpaired) electrons. The van der Waals surface area contributed by atoms with Crippen LogP contribution in [-0.2, 0) is 6.18 Å². The van der Waals surface area contributed by atoms with Gasteiger partial charge in [0.1, 0.15) is 11.6 Å². The second kappa shape index (κ2) is 7.75. The van der Waals surface area contributed by atoms with Crippen LogP contribution in [0.25, 0.3) is 22.0 Å². The zero-order valence-electron chi connectivity index (χ0n) is 15.6. The summed E-state index contributed by atoms with van der Waals surface area (Å²) in [5.41, 5.74) is 0.380. The fourth-order valence-corrected chi connectivity index (χ4v) is 3.18. The lowest BCUT2D eigenvalue weighted by atomic mass is 10.0. The van der Waals surface area contributed by atoms with Gasteiger partial charge in [-0.3, -0.25) is 0 Å². The molecule has 9 heteroatoms. The highest BCUT2D eigenvalue weighted by Crippen LogP contribution is 2.32.